The van der Waals surface area contributed by atoms with E-state index in [9.17, 15) is 13.2 Å². The Morgan fingerprint density at radius 3 is 1.90 bits per heavy atom. The summed E-state index contributed by atoms with van der Waals surface area (Å²) in [6.07, 6.45) is 0. The van der Waals surface area contributed by atoms with Gasteiger partial charge in [-0.2, -0.15) is 4.31 Å². The third kappa shape index (κ3) is 2.71. The normalized spacial score (nSPS) is 13.6. The Balaban J connectivity index is 3.55. The highest BCUT2D eigenvalue weighted by atomic mass is 32.2. The fourth-order valence-corrected chi connectivity index (χ4v) is 3.97. The van der Waals surface area contributed by atoms with Crippen LogP contribution in [-0.2, 0) is 14.8 Å². The quantitative estimate of drug-likeness (QED) is 0.923. The Hall–Kier alpha value is -1.40. The molecule has 1 rings (SSSR count). The van der Waals surface area contributed by atoms with Gasteiger partial charge in [-0.05, 0) is 56.9 Å². The predicted molar refractivity (Wildman–Crippen MR) is 77.4 cm³/mol. The average molecular weight is 299 g/mol. The number of aliphatic carboxylic acids is 1. The Bertz CT molecular complexity index is 623. The number of aryl methyl sites for hydroxylation is 2. The van der Waals surface area contributed by atoms with Gasteiger partial charge in [0.05, 0.1) is 4.90 Å². The maximum absolute atomic E-state index is 12.7. The van der Waals surface area contributed by atoms with Crippen LogP contribution in [0.25, 0.3) is 0 Å². The molecule has 0 aliphatic heterocycles. The first kappa shape index (κ1) is 16.7. The topological polar surface area (TPSA) is 74.7 Å². The van der Waals surface area contributed by atoms with Crippen molar-refractivity contribution in [2.24, 2.45) is 0 Å². The summed E-state index contributed by atoms with van der Waals surface area (Å²) >= 11 is 0. The zero-order chi connectivity index (χ0) is 15.8. The zero-order valence-electron chi connectivity index (χ0n) is 12.7. The molecule has 0 bridgehead atoms. The molecule has 6 heteroatoms. The minimum Gasteiger partial charge on any atom is -0.480 e. The summed E-state index contributed by atoms with van der Waals surface area (Å²) in [5, 5.41) is 9.00. The minimum atomic E-state index is -3.84. The van der Waals surface area contributed by atoms with Crippen molar-refractivity contribution in [1.82, 2.24) is 4.31 Å². The third-order valence-electron chi connectivity index (χ3n) is 3.84. The molecule has 1 unspecified atom stereocenters. The van der Waals surface area contributed by atoms with Crippen molar-refractivity contribution < 1.29 is 18.3 Å². The van der Waals surface area contributed by atoms with Crippen LogP contribution < -0.4 is 0 Å². The first-order chi connectivity index (χ1) is 9.01. The van der Waals surface area contributed by atoms with Crippen molar-refractivity contribution in [3.05, 3.63) is 28.3 Å². The Labute approximate surface area is 120 Å². The molecule has 112 valence electrons. The number of rotatable bonds is 4. The second-order valence-corrected chi connectivity index (χ2v) is 7.06. The maximum atomic E-state index is 12.7. The summed E-state index contributed by atoms with van der Waals surface area (Å²) < 4.78 is 26.3. The number of hydrogen-bond acceptors (Lipinski definition) is 3. The largest absolute Gasteiger partial charge is 0.480 e. The van der Waals surface area contributed by atoms with Gasteiger partial charge in [0.1, 0.15) is 6.04 Å². The molecule has 0 saturated heterocycles. The van der Waals surface area contributed by atoms with Crippen molar-refractivity contribution >= 4 is 16.0 Å². The molecule has 1 aromatic carbocycles. The Morgan fingerprint density at radius 2 is 1.55 bits per heavy atom. The molecule has 20 heavy (non-hydrogen) atoms. The number of carboxylic acid groups (broad SMARTS) is 1. The van der Waals surface area contributed by atoms with Gasteiger partial charge in [0.25, 0.3) is 0 Å². The Morgan fingerprint density at radius 1 is 1.15 bits per heavy atom. The fourth-order valence-electron chi connectivity index (χ4n) is 2.08. The minimum absolute atomic E-state index is 0.214. The second kappa shape index (κ2) is 5.54. The number of nitrogens with zero attached hydrogens (tertiary/aromatic N) is 1. The van der Waals surface area contributed by atoms with Crippen molar-refractivity contribution in [3.63, 3.8) is 0 Å². The molecule has 0 aliphatic carbocycles. The zero-order valence-corrected chi connectivity index (χ0v) is 13.5. The van der Waals surface area contributed by atoms with Gasteiger partial charge in [-0.15, -0.1) is 0 Å². The van der Waals surface area contributed by atoms with Crippen LogP contribution in [0.5, 0.6) is 0 Å². The number of carboxylic acids is 1. The average Bonchev–Trinajstić information content (AvgIpc) is 2.34. The summed E-state index contributed by atoms with van der Waals surface area (Å²) in [6, 6.07) is 0.823. The molecule has 0 amide bonds. The first-order valence-corrected chi connectivity index (χ1v) is 7.74. The molecule has 0 fully saturated rings. The monoisotopic (exact) mass is 299 g/mol. The van der Waals surface area contributed by atoms with Crippen LogP contribution in [-0.4, -0.2) is 36.9 Å². The van der Waals surface area contributed by atoms with Gasteiger partial charge in [0.2, 0.25) is 10.0 Å². The van der Waals surface area contributed by atoms with E-state index in [1.165, 1.54) is 14.0 Å². The van der Waals surface area contributed by atoms with Crippen LogP contribution in [0.4, 0.5) is 0 Å². The van der Waals surface area contributed by atoms with Crippen molar-refractivity contribution in [2.75, 3.05) is 7.05 Å². The number of carbonyl (C=O) groups is 1. The number of likely N-dealkylation sites (N-methyl/N-ethyl adjacent to an activating group) is 1. The van der Waals surface area contributed by atoms with Crippen LogP contribution in [0, 0.1) is 27.7 Å². The molecule has 0 radical (unpaired) electrons. The summed E-state index contributed by atoms with van der Waals surface area (Å²) in [5.74, 6) is -1.17. The predicted octanol–water partition coefficient (Wildman–Crippen LogP) is 2.01. The van der Waals surface area contributed by atoms with Crippen molar-refractivity contribution in [1.29, 1.82) is 0 Å². The van der Waals surface area contributed by atoms with Crippen LogP contribution in [0.2, 0.25) is 0 Å². The fraction of sp³-hybridized carbons (Fsp3) is 0.500. The SMILES string of the molecule is Cc1cc(C)c(C)c(S(=O)(=O)N(C)C(C)C(=O)O)c1C. The van der Waals surface area contributed by atoms with Crippen LogP contribution in [0.3, 0.4) is 0 Å². The molecule has 0 aliphatic rings. The summed E-state index contributed by atoms with van der Waals surface area (Å²) in [7, 11) is -2.54. The molecule has 1 aromatic rings. The maximum Gasteiger partial charge on any atom is 0.321 e. The van der Waals surface area contributed by atoms with E-state index in [-0.39, 0.29) is 4.90 Å². The van der Waals surface area contributed by atoms with Gasteiger partial charge < -0.3 is 5.11 Å². The first-order valence-electron chi connectivity index (χ1n) is 6.30. The van der Waals surface area contributed by atoms with E-state index < -0.39 is 22.0 Å². The molecular formula is C14H21NO4S. The van der Waals surface area contributed by atoms with Gasteiger partial charge in [0.15, 0.2) is 0 Å². The highest BCUT2D eigenvalue weighted by Crippen LogP contribution is 2.28. The van der Waals surface area contributed by atoms with Crippen LogP contribution in [0.1, 0.15) is 29.2 Å². The molecule has 0 spiro atoms. The third-order valence-corrected chi connectivity index (χ3v) is 6.04. The Kier molecular flexibility index (Phi) is 4.61. The highest BCUT2D eigenvalue weighted by molar-refractivity contribution is 7.89. The molecular weight excluding hydrogens is 278 g/mol. The molecule has 5 nitrogen and oxygen atoms in total. The lowest BCUT2D eigenvalue weighted by atomic mass is 10.0. The molecule has 0 saturated carbocycles. The van der Waals surface area contributed by atoms with Crippen LogP contribution in [0.15, 0.2) is 11.0 Å². The summed E-state index contributed by atoms with van der Waals surface area (Å²) in [6.45, 7) is 8.54. The number of hydrogen-bond donors (Lipinski definition) is 1. The van der Waals surface area contributed by atoms with Gasteiger partial charge in [-0.1, -0.05) is 6.07 Å². The lowest BCUT2D eigenvalue weighted by Gasteiger charge is -2.24. The lowest BCUT2D eigenvalue weighted by molar-refractivity contribution is -0.140. The van der Waals surface area contributed by atoms with E-state index in [0.717, 1.165) is 15.4 Å². The molecule has 0 heterocycles. The summed E-state index contributed by atoms with van der Waals surface area (Å²) in [5.41, 5.74) is 3.08. The highest BCUT2D eigenvalue weighted by Gasteiger charge is 2.32. The number of sulfonamides is 1. The van der Waals surface area contributed by atoms with Gasteiger partial charge >= 0.3 is 5.97 Å². The lowest BCUT2D eigenvalue weighted by Crippen LogP contribution is -2.40. The molecule has 1 N–H and O–H groups in total. The van der Waals surface area contributed by atoms with E-state index in [1.54, 1.807) is 13.8 Å². The van der Waals surface area contributed by atoms with E-state index in [4.69, 9.17) is 5.11 Å². The van der Waals surface area contributed by atoms with Gasteiger partial charge in [-0.3, -0.25) is 4.79 Å². The molecule has 0 aromatic heterocycles. The van der Waals surface area contributed by atoms with Crippen molar-refractivity contribution in [3.8, 4) is 0 Å². The number of benzene rings is 1. The van der Waals surface area contributed by atoms with Gasteiger partial charge in [-0.25, -0.2) is 8.42 Å². The van der Waals surface area contributed by atoms with E-state index in [2.05, 4.69) is 0 Å². The van der Waals surface area contributed by atoms with E-state index in [1.807, 2.05) is 19.9 Å². The van der Waals surface area contributed by atoms with E-state index in [0.29, 0.717) is 11.1 Å². The summed E-state index contributed by atoms with van der Waals surface area (Å²) in [4.78, 5) is 11.2. The smallest absolute Gasteiger partial charge is 0.321 e. The standard InChI is InChI=1S/C14H21NO4S/c1-8-7-9(2)11(4)13(10(8)3)20(18,19)15(6)12(5)14(16)17/h7,12H,1-6H3,(H,16,17). The second-order valence-electron chi connectivity index (χ2n) is 5.12. The van der Waals surface area contributed by atoms with Gasteiger partial charge in [0, 0.05) is 7.05 Å². The van der Waals surface area contributed by atoms with Crippen LogP contribution >= 0.6 is 0 Å². The molecule has 1 atom stereocenters. The van der Waals surface area contributed by atoms with E-state index >= 15 is 0 Å². The van der Waals surface area contributed by atoms with Crippen molar-refractivity contribution in [2.45, 2.75) is 45.6 Å².